The van der Waals surface area contributed by atoms with Crippen molar-refractivity contribution in [1.82, 2.24) is 14.9 Å². The van der Waals surface area contributed by atoms with Crippen LogP contribution >= 0.6 is 0 Å². The van der Waals surface area contributed by atoms with Crippen LogP contribution in [0.1, 0.15) is 30.2 Å². The van der Waals surface area contributed by atoms with E-state index in [2.05, 4.69) is 34.4 Å². The molecule has 28 heavy (non-hydrogen) atoms. The van der Waals surface area contributed by atoms with Crippen molar-refractivity contribution in [2.45, 2.75) is 18.8 Å². The summed E-state index contributed by atoms with van der Waals surface area (Å²) in [6.45, 7) is 1.53. The van der Waals surface area contributed by atoms with E-state index in [1.165, 1.54) is 16.5 Å². The second-order valence-electron chi connectivity index (χ2n) is 7.24. The molecule has 0 bridgehead atoms. The van der Waals surface area contributed by atoms with Gasteiger partial charge in [-0.2, -0.15) is 0 Å². The third kappa shape index (κ3) is 3.09. The molecule has 5 heteroatoms. The lowest BCUT2D eigenvalue weighted by atomic mass is 9.89. The first-order valence-electron chi connectivity index (χ1n) is 9.66. The fraction of sp³-hybridized carbons (Fsp3) is 0.217. The van der Waals surface area contributed by atoms with Crippen LogP contribution in [-0.2, 0) is 4.79 Å². The standard InChI is InChI=1S/C23H21N3O2/c27-23(10-9-22-25-20-7-3-4-8-21(20)28-22)26-13-11-16(12-14-26)18-15-24-19-6-2-1-5-17(18)19/h1-10,15-16,24H,11-14H2/b10-9+. The van der Waals surface area contributed by atoms with Crippen molar-refractivity contribution in [3.63, 3.8) is 0 Å². The number of carbonyl (C=O) groups is 1. The predicted molar refractivity (Wildman–Crippen MR) is 110 cm³/mol. The first-order chi connectivity index (χ1) is 13.8. The molecule has 0 radical (unpaired) electrons. The molecule has 1 aliphatic rings. The minimum atomic E-state index is 0.0135. The Morgan fingerprint density at radius 1 is 1.11 bits per heavy atom. The van der Waals surface area contributed by atoms with Crippen LogP contribution in [0.15, 0.2) is 65.2 Å². The van der Waals surface area contributed by atoms with Crippen molar-refractivity contribution in [1.29, 1.82) is 0 Å². The van der Waals surface area contributed by atoms with E-state index in [0.29, 0.717) is 11.8 Å². The van der Waals surface area contributed by atoms with Crippen molar-refractivity contribution >= 4 is 34.0 Å². The van der Waals surface area contributed by atoms with Crippen molar-refractivity contribution in [2.75, 3.05) is 13.1 Å². The molecular weight excluding hydrogens is 350 g/mol. The van der Waals surface area contributed by atoms with E-state index in [9.17, 15) is 4.79 Å². The average Bonchev–Trinajstić information content (AvgIpc) is 3.36. The summed E-state index contributed by atoms with van der Waals surface area (Å²) in [5.41, 5.74) is 4.07. The number of amides is 1. The summed E-state index contributed by atoms with van der Waals surface area (Å²) in [5, 5.41) is 1.29. The Hall–Kier alpha value is -3.34. The van der Waals surface area contributed by atoms with Crippen LogP contribution in [0.25, 0.3) is 28.1 Å². The Labute approximate surface area is 162 Å². The number of para-hydroxylation sites is 3. The number of benzene rings is 2. The molecular formula is C23H21N3O2. The van der Waals surface area contributed by atoms with Crippen molar-refractivity contribution in [3.8, 4) is 0 Å². The SMILES string of the molecule is O=C(/C=C/c1nc2ccccc2o1)N1CCC(c2c[nH]c3ccccc23)CC1. The highest BCUT2D eigenvalue weighted by molar-refractivity contribution is 5.91. The van der Waals surface area contributed by atoms with Crippen LogP contribution in [0.5, 0.6) is 0 Å². The van der Waals surface area contributed by atoms with Gasteiger partial charge in [-0.25, -0.2) is 4.98 Å². The molecule has 0 spiro atoms. The number of aromatic amines is 1. The molecule has 1 amide bonds. The molecule has 1 aliphatic heterocycles. The molecule has 0 unspecified atom stereocenters. The number of nitrogens with one attached hydrogen (secondary N) is 1. The molecule has 1 N–H and O–H groups in total. The number of likely N-dealkylation sites (tertiary alicyclic amines) is 1. The number of oxazole rings is 1. The highest BCUT2D eigenvalue weighted by Gasteiger charge is 2.24. The molecule has 1 saturated heterocycles. The number of rotatable bonds is 3. The van der Waals surface area contributed by atoms with E-state index in [1.807, 2.05) is 35.2 Å². The maximum absolute atomic E-state index is 12.6. The molecule has 4 aromatic rings. The van der Waals surface area contributed by atoms with Gasteiger partial charge in [-0.15, -0.1) is 0 Å². The Balaban J connectivity index is 1.24. The van der Waals surface area contributed by atoms with Crippen LogP contribution in [0.3, 0.4) is 0 Å². The maximum Gasteiger partial charge on any atom is 0.246 e. The molecule has 0 atom stereocenters. The fourth-order valence-electron chi connectivity index (χ4n) is 4.05. The monoisotopic (exact) mass is 371 g/mol. The number of piperidine rings is 1. The summed E-state index contributed by atoms with van der Waals surface area (Å²) >= 11 is 0. The molecule has 0 aliphatic carbocycles. The first-order valence-corrected chi connectivity index (χ1v) is 9.66. The zero-order chi connectivity index (χ0) is 18.9. The van der Waals surface area contributed by atoms with Gasteiger partial charge in [-0.3, -0.25) is 4.79 Å². The molecule has 5 rings (SSSR count). The largest absolute Gasteiger partial charge is 0.437 e. The number of H-pyrrole nitrogens is 1. The quantitative estimate of drug-likeness (QED) is 0.530. The number of hydrogen-bond donors (Lipinski definition) is 1. The topological polar surface area (TPSA) is 62.1 Å². The Bertz CT molecular complexity index is 1130. The van der Waals surface area contributed by atoms with Gasteiger partial charge in [-0.05, 0) is 42.5 Å². The zero-order valence-electron chi connectivity index (χ0n) is 15.5. The second kappa shape index (κ2) is 7.00. The highest BCUT2D eigenvalue weighted by atomic mass is 16.3. The minimum Gasteiger partial charge on any atom is -0.437 e. The Morgan fingerprint density at radius 3 is 2.75 bits per heavy atom. The fourth-order valence-corrected chi connectivity index (χ4v) is 4.05. The number of nitrogens with zero attached hydrogens (tertiary/aromatic N) is 2. The predicted octanol–water partition coefficient (Wildman–Crippen LogP) is 4.73. The summed E-state index contributed by atoms with van der Waals surface area (Å²) in [6.07, 6.45) is 7.30. The summed E-state index contributed by atoms with van der Waals surface area (Å²) in [7, 11) is 0. The van der Waals surface area contributed by atoms with Gasteiger partial charge in [0.25, 0.3) is 0 Å². The molecule has 5 nitrogen and oxygen atoms in total. The maximum atomic E-state index is 12.6. The van der Waals surface area contributed by atoms with Crippen molar-refractivity contribution in [2.24, 2.45) is 0 Å². The number of fused-ring (bicyclic) bond motifs is 2. The van der Waals surface area contributed by atoms with Crippen molar-refractivity contribution < 1.29 is 9.21 Å². The Morgan fingerprint density at radius 2 is 1.89 bits per heavy atom. The molecule has 1 fully saturated rings. The number of carbonyl (C=O) groups excluding carboxylic acids is 1. The molecule has 0 saturated carbocycles. The summed E-state index contributed by atoms with van der Waals surface area (Å²) in [6, 6.07) is 16.0. The lowest BCUT2D eigenvalue weighted by Gasteiger charge is -2.31. The van der Waals surface area contributed by atoms with Gasteiger partial charge in [0, 0.05) is 42.3 Å². The molecule has 2 aromatic heterocycles. The van der Waals surface area contributed by atoms with Crippen LogP contribution in [-0.4, -0.2) is 33.9 Å². The Kier molecular flexibility index (Phi) is 4.20. The number of hydrogen-bond acceptors (Lipinski definition) is 3. The van der Waals surface area contributed by atoms with Gasteiger partial charge >= 0.3 is 0 Å². The van der Waals surface area contributed by atoms with Crippen LogP contribution in [0.2, 0.25) is 0 Å². The molecule has 2 aromatic carbocycles. The van der Waals surface area contributed by atoms with Gasteiger partial charge < -0.3 is 14.3 Å². The summed E-state index contributed by atoms with van der Waals surface area (Å²) in [5.74, 6) is 0.962. The highest BCUT2D eigenvalue weighted by Crippen LogP contribution is 2.33. The third-order valence-corrected chi connectivity index (χ3v) is 5.55. The normalized spacial score (nSPS) is 15.8. The second-order valence-corrected chi connectivity index (χ2v) is 7.24. The van der Waals surface area contributed by atoms with Gasteiger partial charge in [0.2, 0.25) is 11.8 Å². The van der Waals surface area contributed by atoms with E-state index in [0.717, 1.165) is 37.0 Å². The minimum absolute atomic E-state index is 0.0135. The zero-order valence-corrected chi connectivity index (χ0v) is 15.5. The van der Waals surface area contributed by atoms with E-state index in [-0.39, 0.29) is 5.91 Å². The van der Waals surface area contributed by atoms with Gasteiger partial charge in [0.1, 0.15) is 5.52 Å². The summed E-state index contributed by atoms with van der Waals surface area (Å²) in [4.78, 5) is 22.2. The first kappa shape index (κ1) is 16.8. The average molecular weight is 371 g/mol. The third-order valence-electron chi connectivity index (χ3n) is 5.55. The van der Waals surface area contributed by atoms with Gasteiger partial charge in [0.15, 0.2) is 5.58 Å². The molecule has 3 heterocycles. The van der Waals surface area contributed by atoms with E-state index in [4.69, 9.17) is 4.42 Å². The van der Waals surface area contributed by atoms with Gasteiger partial charge in [-0.1, -0.05) is 30.3 Å². The van der Waals surface area contributed by atoms with Gasteiger partial charge in [0.05, 0.1) is 0 Å². The van der Waals surface area contributed by atoms with E-state index in [1.54, 1.807) is 12.2 Å². The van der Waals surface area contributed by atoms with E-state index >= 15 is 0 Å². The van der Waals surface area contributed by atoms with E-state index < -0.39 is 0 Å². The smallest absolute Gasteiger partial charge is 0.246 e. The van der Waals surface area contributed by atoms with Crippen LogP contribution in [0.4, 0.5) is 0 Å². The van der Waals surface area contributed by atoms with Crippen LogP contribution < -0.4 is 0 Å². The van der Waals surface area contributed by atoms with Crippen LogP contribution in [0, 0.1) is 0 Å². The summed E-state index contributed by atoms with van der Waals surface area (Å²) < 4.78 is 5.64. The molecule has 140 valence electrons. The van der Waals surface area contributed by atoms with Crippen molar-refractivity contribution in [3.05, 3.63) is 72.3 Å². The lowest BCUT2D eigenvalue weighted by molar-refractivity contribution is -0.126. The number of aromatic nitrogens is 2. The lowest BCUT2D eigenvalue weighted by Crippen LogP contribution is -2.36.